The van der Waals surface area contributed by atoms with Gasteiger partial charge in [0.15, 0.2) is 0 Å². The number of ether oxygens (including phenoxy) is 2. The van der Waals surface area contributed by atoms with Crippen LogP contribution in [0, 0.1) is 0 Å². The van der Waals surface area contributed by atoms with Gasteiger partial charge in [0.05, 0.1) is 24.3 Å². The lowest BCUT2D eigenvalue weighted by atomic mass is 9.89. The first kappa shape index (κ1) is 34.7. The van der Waals surface area contributed by atoms with Gasteiger partial charge in [-0.25, -0.2) is 19.2 Å². The zero-order valence-corrected chi connectivity index (χ0v) is 26.9. The van der Waals surface area contributed by atoms with Gasteiger partial charge in [-0.15, -0.1) is 0 Å². The quantitative estimate of drug-likeness (QED) is 0.0627. The molecule has 49 heavy (non-hydrogen) atoms. The van der Waals surface area contributed by atoms with Crippen LogP contribution in [-0.2, 0) is 12.8 Å². The SMILES string of the molecule is O=C(O)c1cc(O)c(CCCCCCOc2ccc3ccc(=O)oc3c2)c(C(=O)O)c1CCCCCCOc1ccc2ccc(=O)oc2c1. The normalized spacial score (nSPS) is 11.2. The highest BCUT2D eigenvalue weighted by Crippen LogP contribution is 2.32. The number of carbonyl (C=O) groups is 2. The number of carboxylic acid groups (broad SMARTS) is 2. The summed E-state index contributed by atoms with van der Waals surface area (Å²) in [5.41, 5.74) is 0.185. The Morgan fingerprint density at radius 3 is 1.53 bits per heavy atom. The van der Waals surface area contributed by atoms with Crippen molar-refractivity contribution in [3.63, 3.8) is 0 Å². The number of fused-ring (bicyclic) bond motifs is 2. The fourth-order valence-electron chi connectivity index (χ4n) is 5.87. The van der Waals surface area contributed by atoms with E-state index in [-0.39, 0.29) is 34.4 Å². The summed E-state index contributed by atoms with van der Waals surface area (Å²) in [7, 11) is 0. The maximum Gasteiger partial charge on any atom is 0.336 e. The van der Waals surface area contributed by atoms with E-state index >= 15 is 0 Å². The number of rotatable bonds is 18. The number of phenolic OH excluding ortho intramolecular Hbond substituents is 1. The monoisotopic (exact) mass is 670 g/mol. The first-order valence-corrected chi connectivity index (χ1v) is 16.4. The number of unbranched alkanes of at least 4 members (excludes halogenated alkanes) is 6. The van der Waals surface area contributed by atoms with Crippen LogP contribution in [0.15, 0.2) is 85.2 Å². The molecule has 11 heteroatoms. The van der Waals surface area contributed by atoms with Crippen molar-refractivity contribution in [2.45, 2.75) is 64.2 Å². The number of hydrogen-bond donors (Lipinski definition) is 3. The first-order valence-electron chi connectivity index (χ1n) is 16.4. The minimum atomic E-state index is -1.28. The van der Waals surface area contributed by atoms with Crippen molar-refractivity contribution < 1.29 is 43.2 Å². The van der Waals surface area contributed by atoms with Crippen LogP contribution in [-0.4, -0.2) is 40.5 Å². The summed E-state index contributed by atoms with van der Waals surface area (Å²) in [4.78, 5) is 47.4. The molecule has 5 rings (SSSR count). The number of aromatic hydroxyl groups is 1. The lowest BCUT2D eigenvalue weighted by Gasteiger charge is -2.17. The number of phenols is 1. The van der Waals surface area contributed by atoms with Crippen LogP contribution in [0.25, 0.3) is 21.9 Å². The Labute approximate surface area is 281 Å². The third-order valence-electron chi connectivity index (χ3n) is 8.33. The fourth-order valence-corrected chi connectivity index (χ4v) is 5.87. The predicted molar refractivity (Wildman–Crippen MR) is 182 cm³/mol. The molecule has 0 spiro atoms. The zero-order valence-electron chi connectivity index (χ0n) is 26.9. The molecule has 0 atom stereocenters. The van der Waals surface area contributed by atoms with Gasteiger partial charge < -0.3 is 33.6 Å². The van der Waals surface area contributed by atoms with E-state index in [9.17, 15) is 34.5 Å². The highest BCUT2D eigenvalue weighted by molar-refractivity contribution is 5.99. The second kappa shape index (κ2) is 16.5. The van der Waals surface area contributed by atoms with E-state index < -0.39 is 23.2 Å². The molecule has 2 heterocycles. The second-order valence-electron chi connectivity index (χ2n) is 11.8. The number of benzene rings is 3. The largest absolute Gasteiger partial charge is 0.508 e. The Balaban J connectivity index is 1.09. The van der Waals surface area contributed by atoms with Crippen molar-refractivity contribution in [3.8, 4) is 17.2 Å². The molecule has 0 aliphatic heterocycles. The van der Waals surface area contributed by atoms with Gasteiger partial charge in [0.2, 0.25) is 0 Å². The van der Waals surface area contributed by atoms with E-state index in [0.717, 1.165) is 49.3 Å². The summed E-state index contributed by atoms with van der Waals surface area (Å²) in [6, 6.07) is 17.9. The molecule has 0 saturated heterocycles. The Bertz CT molecular complexity index is 2060. The fraction of sp³-hybridized carbons (Fsp3) is 0.316. The van der Waals surface area contributed by atoms with Gasteiger partial charge in [0.25, 0.3) is 0 Å². The highest BCUT2D eigenvalue weighted by Gasteiger charge is 2.25. The summed E-state index contributed by atoms with van der Waals surface area (Å²) in [5.74, 6) is -1.69. The summed E-state index contributed by atoms with van der Waals surface area (Å²) in [6.07, 6.45) is 6.21. The van der Waals surface area contributed by atoms with Crippen molar-refractivity contribution in [3.05, 3.63) is 110 Å². The smallest absolute Gasteiger partial charge is 0.336 e. The topological polar surface area (TPSA) is 174 Å². The first-order chi connectivity index (χ1) is 23.7. The average Bonchev–Trinajstić information content (AvgIpc) is 3.07. The molecule has 0 radical (unpaired) electrons. The van der Waals surface area contributed by atoms with E-state index in [4.69, 9.17) is 18.3 Å². The van der Waals surface area contributed by atoms with E-state index in [1.54, 1.807) is 30.3 Å². The molecule has 0 saturated carbocycles. The lowest BCUT2D eigenvalue weighted by molar-refractivity contribution is 0.0693. The molecular weight excluding hydrogens is 632 g/mol. The predicted octanol–water partition coefficient (Wildman–Crippen LogP) is 7.37. The summed E-state index contributed by atoms with van der Waals surface area (Å²) >= 11 is 0. The molecule has 2 aromatic heterocycles. The van der Waals surface area contributed by atoms with Crippen LogP contribution in [0.3, 0.4) is 0 Å². The summed E-state index contributed by atoms with van der Waals surface area (Å²) < 4.78 is 22.0. The summed E-state index contributed by atoms with van der Waals surface area (Å²) in [5, 5.41) is 32.2. The molecule has 11 nitrogen and oxygen atoms in total. The molecule has 256 valence electrons. The standard InChI is InChI=1S/C38H38O11/c39-31-23-30(37(42)43)28(9-5-1-3-7-19-46-26-15-11-24-13-17-34(40)48-32(24)21-26)36(38(44)45)29(31)10-6-2-4-8-20-47-27-16-12-25-14-18-35(41)49-33(25)22-27/h11-18,21-23,39H,1-10,19-20H2,(H,42,43)(H,44,45). The molecule has 3 N–H and O–H groups in total. The van der Waals surface area contributed by atoms with Crippen LogP contribution in [0.4, 0.5) is 0 Å². The van der Waals surface area contributed by atoms with Gasteiger partial charge in [-0.2, -0.15) is 0 Å². The molecule has 0 aliphatic carbocycles. The summed E-state index contributed by atoms with van der Waals surface area (Å²) in [6.45, 7) is 0.877. The number of carboxylic acids is 2. The van der Waals surface area contributed by atoms with Gasteiger partial charge in [0.1, 0.15) is 28.4 Å². The zero-order chi connectivity index (χ0) is 34.8. The minimum Gasteiger partial charge on any atom is -0.508 e. The van der Waals surface area contributed by atoms with Crippen molar-refractivity contribution in [1.82, 2.24) is 0 Å². The average molecular weight is 671 g/mol. The third-order valence-corrected chi connectivity index (χ3v) is 8.33. The molecule has 0 aliphatic rings. The van der Waals surface area contributed by atoms with E-state index in [2.05, 4.69) is 0 Å². The Morgan fingerprint density at radius 1 is 0.571 bits per heavy atom. The van der Waals surface area contributed by atoms with Gasteiger partial charge in [-0.05, 0) is 86.6 Å². The molecular formula is C38H38O11. The lowest BCUT2D eigenvalue weighted by Crippen LogP contribution is -2.14. The van der Waals surface area contributed by atoms with Gasteiger partial charge >= 0.3 is 23.2 Å². The molecule has 0 unspecified atom stereocenters. The Hall–Kier alpha value is -5.58. The maximum atomic E-state index is 12.4. The minimum absolute atomic E-state index is 0.130. The van der Waals surface area contributed by atoms with Gasteiger partial charge in [-0.1, -0.05) is 25.7 Å². The van der Waals surface area contributed by atoms with E-state index in [1.165, 1.54) is 18.2 Å². The van der Waals surface area contributed by atoms with Crippen molar-refractivity contribution in [2.75, 3.05) is 13.2 Å². The van der Waals surface area contributed by atoms with Gasteiger partial charge in [0, 0.05) is 40.6 Å². The van der Waals surface area contributed by atoms with Crippen molar-refractivity contribution in [1.29, 1.82) is 0 Å². The van der Waals surface area contributed by atoms with Crippen molar-refractivity contribution in [2.24, 2.45) is 0 Å². The molecule has 0 bridgehead atoms. The van der Waals surface area contributed by atoms with E-state index in [1.807, 2.05) is 18.2 Å². The number of aromatic carboxylic acids is 2. The van der Waals surface area contributed by atoms with E-state index in [0.29, 0.717) is 55.1 Å². The Kier molecular flexibility index (Phi) is 11.7. The van der Waals surface area contributed by atoms with Crippen LogP contribution in [0.1, 0.15) is 83.2 Å². The van der Waals surface area contributed by atoms with Crippen LogP contribution >= 0.6 is 0 Å². The molecule has 0 amide bonds. The highest BCUT2D eigenvalue weighted by atomic mass is 16.5. The Morgan fingerprint density at radius 2 is 1.04 bits per heavy atom. The third kappa shape index (κ3) is 9.28. The van der Waals surface area contributed by atoms with Crippen molar-refractivity contribution >= 4 is 33.9 Å². The van der Waals surface area contributed by atoms with Crippen LogP contribution in [0.2, 0.25) is 0 Å². The number of hydrogen-bond acceptors (Lipinski definition) is 9. The van der Waals surface area contributed by atoms with Crippen LogP contribution in [0.5, 0.6) is 17.2 Å². The molecule has 3 aromatic carbocycles. The second-order valence-corrected chi connectivity index (χ2v) is 11.8. The maximum absolute atomic E-state index is 12.4. The molecule has 5 aromatic rings. The molecule has 0 fully saturated rings. The van der Waals surface area contributed by atoms with Gasteiger partial charge in [-0.3, -0.25) is 0 Å². The van der Waals surface area contributed by atoms with Crippen LogP contribution < -0.4 is 20.7 Å².